The Hall–Kier alpha value is -1.35. The van der Waals surface area contributed by atoms with Gasteiger partial charge in [0, 0.05) is 17.9 Å². The van der Waals surface area contributed by atoms with Crippen molar-refractivity contribution >= 4 is 5.78 Å². The Labute approximate surface area is 107 Å². The predicted molar refractivity (Wildman–Crippen MR) is 67.9 cm³/mol. The molecule has 1 N–H and O–H groups in total. The van der Waals surface area contributed by atoms with E-state index < -0.39 is 0 Å². The average Bonchev–Trinajstić information content (AvgIpc) is 2.86. The summed E-state index contributed by atoms with van der Waals surface area (Å²) in [5, 5.41) is 9.48. The quantitative estimate of drug-likeness (QED) is 0.815. The van der Waals surface area contributed by atoms with Crippen LogP contribution in [-0.2, 0) is 6.42 Å². The minimum atomic E-state index is -0.206. The van der Waals surface area contributed by atoms with E-state index in [-0.39, 0.29) is 17.8 Å². The summed E-state index contributed by atoms with van der Waals surface area (Å²) in [5.74, 6) is 1.25. The summed E-state index contributed by atoms with van der Waals surface area (Å²) in [6, 6.07) is 5.76. The van der Waals surface area contributed by atoms with Gasteiger partial charge in [-0.05, 0) is 49.4 Å². The standard InChI is InChI=1S/C15H18O3/c16-13-4-1-10(2-5-13)15(17)12-3-6-14-11(9-12)7-8-18-14/h3,6,9-10,13,16H,1-2,4-5,7-8H2. The SMILES string of the molecule is O=C(c1ccc2c(c1)CCO2)C1CCC(O)CC1. The molecule has 96 valence electrons. The largest absolute Gasteiger partial charge is 0.493 e. The zero-order valence-corrected chi connectivity index (χ0v) is 10.4. The van der Waals surface area contributed by atoms with Crippen LogP contribution in [0, 0.1) is 5.92 Å². The van der Waals surface area contributed by atoms with Crippen LogP contribution >= 0.6 is 0 Å². The Morgan fingerprint density at radius 2 is 2.00 bits per heavy atom. The highest BCUT2D eigenvalue weighted by atomic mass is 16.5. The number of ketones is 1. The molecule has 0 bridgehead atoms. The van der Waals surface area contributed by atoms with Crippen LogP contribution in [0.1, 0.15) is 41.6 Å². The molecule has 0 unspecified atom stereocenters. The van der Waals surface area contributed by atoms with E-state index in [9.17, 15) is 9.90 Å². The van der Waals surface area contributed by atoms with Gasteiger partial charge in [0.1, 0.15) is 5.75 Å². The molecular weight excluding hydrogens is 228 g/mol. The fourth-order valence-electron chi connectivity index (χ4n) is 2.91. The monoisotopic (exact) mass is 246 g/mol. The summed E-state index contributed by atoms with van der Waals surface area (Å²) in [6.07, 6.45) is 3.83. The third-order valence-corrected chi connectivity index (χ3v) is 4.04. The van der Waals surface area contributed by atoms with Crippen LogP contribution in [0.3, 0.4) is 0 Å². The van der Waals surface area contributed by atoms with Crippen LogP contribution in [0.5, 0.6) is 5.75 Å². The van der Waals surface area contributed by atoms with Crippen LogP contribution in [0.4, 0.5) is 0 Å². The molecule has 0 aromatic heterocycles. The highest BCUT2D eigenvalue weighted by Gasteiger charge is 2.26. The summed E-state index contributed by atoms with van der Waals surface area (Å²) in [5.41, 5.74) is 1.96. The van der Waals surface area contributed by atoms with Crippen LogP contribution in [0.2, 0.25) is 0 Å². The van der Waals surface area contributed by atoms with Crippen molar-refractivity contribution in [3.8, 4) is 5.75 Å². The maximum atomic E-state index is 12.4. The molecule has 1 aromatic carbocycles. The van der Waals surface area contributed by atoms with E-state index in [1.54, 1.807) is 0 Å². The Morgan fingerprint density at radius 1 is 1.22 bits per heavy atom. The Kier molecular flexibility index (Phi) is 3.08. The van der Waals surface area contributed by atoms with Crippen molar-refractivity contribution in [1.29, 1.82) is 0 Å². The van der Waals surface area contributed by atoms with Gasteiger partial charge in [-0.25, -0.2) is 0 Å². The molecule has 2 aliphatic rings. The Bertz CT molecular complexity index is 459. The molecular formula is C15H18O3. The van der Waals surface area contributed by atoms with Crippen molar-refractivity contribution in [2.24, 2.45) is 5.92 Å². The average molecular weight is 246 g/mol. The number of benzene rings is 1. The molecule has 1 saturated carbocycles. The molecule has 1 aliphatic heterocycles. The summed E-state index contributed by atoms with van der Waals surface area (Å²) < 4.78 is 5.45. The maximum Gasteiger partial charge on any atom is 0.165 e. The molecule has 3 rings (SSSR count). The third-order valence-electron chi connectivity index (χ3n) is 4.04. The predicted octanol–water partition coefficient (Wildman–Crippen LogP) is 2.36. The zero-order valence-electron chi connectivity index (χ0n) is 10.4. The lowest BCUT2D eigenvalue weighted by atomic mass is 9.82. The van der Waals surface area contributed by atoms with Gasteiger partial charge in [0.05, 0.1) is 12.7 Å². The molecule has 0 spiro atoms. The number of rotatable bonds is 2. The second-order valence-electron chi connectivity index (χ2n) is 5.29. The van der Waals surface area contributed by atoms with Gasteiger partial charge in [-0.3, -0.25) is 4.79 Å². The number of aliphatic hydroxyl groups is 1. The Morgan fingerprint density at radius 3 is 2.78 bits per heavy atom. The fourth-order valence-corrected chi connectivity index (χ4v) is 2.91. The van der Waals surface area contributed by atoms with E-state index in [0.717, 1.165) is 55.6 Å². The number of fused-ring (bicyclic) bond motifs is 1. The van der Waals surface area contributed by atoms with Crippen LogP contribution in [0.25, 0.3) is 0 Å². The summed E-state index contributed by atoms with van der Waals surface area (Å²) in [4.78, 5) is 12.4. The van der Waals surface area contributed by atoms with Crippen LogP contribution in [0.15, 0.2) is 18.2 Å². The minimum Gasteiger partial charge on any atom is -0.493 e. The number of ether oxygens (including phenoxy) is 1. The van der Waals surface area contributed by atoms with Gasteiger partial charge in [-0.2, -0.15) is 0 Å². The number of carbonyl (C=O) groups excluding carboxylic acids is 1. The molecule has 1 heterocycles. The van der Waals surface area contributed by atoms with Crippen molar-refractivity contribution in [1.82, 2.24) is 0 Å². The molecule has 3 heteroatoms. The molecule has 1 aliphatic carbocycles. The smallest absolute Gasteiger partial charge is 0.165 e. The zero-order chi connectivity index (χ0) is 12.5. The maximum absolute atomic E-state index is 12.4. The van der Waals surface area contributed by atoms with Crippen LogP contribution in [-0.4, -0.2) is 23.6 Å². The van der Waals surface area contributed by atoms with Gasteiger partial charge in [-0.1, -0.05) is 0 Å². The lowest BCUT2D eigenvalue weighted by Gasteiger charge is -2.24. The molecule has 3 nitrogen and oxygen atoms in total. The van der Waals surface area contributed by atoms with Crippen molar-refractivity contribution in [3.05, 3.63) is 29.3 Å². The van der Waals surface area contributed by atoms with Gasteiger partial charge in [-0.15, -0.1) is 0 Å². The molecule has 1 aromatic rings. The van der Waals surface area contributed by atoms with Gasteiger partial charge >= 0.3 is 0 Å². The number of carbonyl (C=O) groups is 1. The van der Waals surface area contributed by atoms with Gasteiger partial charge in [0.25, 0.3) is 0 Å². The number of hydrogen-bond donors (Lipinski definition) is 1. The first kappa shape index (κ1) is 11.7. The highest BCUT2D eigenvalue weighted by Crippen LogP contribution is 2.30. The number of Topliss-reactive ketones (excluding diaryl/α,β-unsaturated/α-hetero) is 1. The minimum absolute atomic E-state index is 0.0915. The first-order valence-electron chi connectivity index (χ1n) is 6.72. The molecule has 1 fully saturated rings. The van der Waals surface area contributed by atoms with Crippen molar-refractivity contribution in [2.45, 2.75) is 38.2 Å². The molecule has 18 heavy (non-hydrogen) atoms. The lowest BCUT2D eigenvalue weighted by molar-refractivity contribution is 0.0764. The second kappa shape index (κ2) is 4.73. The highest BCUT2D eigenvalue weighted by molar-refractivity contribution is 5.98. The number of aliphatic hydroxyl groups excluding tert-OH is 1. The van der Waals surface area contributed by atoms with E-state index in [1.807, 2.05) is 18.2 Å². The van der Waals surface area contributed by atoms with E-state index >= 15 is 0 Å². The summed E-state index contributed by atoms with van der Waals surface area (Å²) in [6.45, 7) is 0.725. The summed E-state index contributed by atoms with van der Waals surface area (Å²) >= 11 is 0. The van der Waals surface area contributed by atoms with Crippen molar-refractivity contribution in [3.63, 3.8) is 0 Å². The Balaban J connectivity index is 1.76. The topological polar surface area (TPSA) is 46.5 Å². The van der Waals surface area contributed by atoms with Gasteiger partial charge in [0.2, 0.25) is 0 Å². The van der Waals surface area contributed by atoms with Crippen molar-refractivity contribution < 1.29 is 14.6 Å². The first-order valence-corrected chi connectivity index (χ1v) is 6.72. The second-order valence-corrected chi connectivity index (χ2v) is 5.29. The number of hydrogen-bond acceptors (Lipinski definition) is 3. The molecule has 0 atom stereocenters. The van der Waals surface area contributed by atoms with E-state index in [2.05, 4.69) is 0 Å². The summed E-state index contributed by atoms with van der Waals surface area (Å²) in [7, 11) is 0. The van der Waals surface area contributed by atoms with E-state index in [1.165, 1.54) is 0 Å². The van der Waals surface area contributed by atoms with Gasteiger partial charge in [0.15, 0.2) is 5.78 Å². The third kappa shape index (κ3) is 2.15. The molecule has 0 amide bonds. The lowest BCUT2D eigenvalue weighted by Crippen LogP contribution is -2.24. The molecule has 0 saturated heterocycles. The van der Waals surface area contributed by atoms with Gasteiger partial charge < -0.3 is 9.84 Å². The first-order chi connectivity index (χ1) is 8.74. The normalized spacial score (nSPS) is 26.5. The van der Waals surface area contributed by atoms with E-state index in [0.29, 0.717) is 0 Å². The van der Waals surface area contributed by atoms with Crippen molar-refractivity contribution in [2.75, 3.05) is 6.61 Å². The van der Waals surface area contributed by atoms with Crippen LogP contribution < -0.4 is 4.74 Å². The van der Waals surface area contributed by atoms with E-state index in [4.69, 9.17) is 4.74 Å². The fraction of sp³-hybridized carbons (Fsp3) is 0.533. The molecule has 0 radical (unpaired) electrons.